The van der Waals surface area contributed by atoms with Gasteiger partial charge < -0.3 is 24.8 Å². The number of hydrogen-bond donors (Lipinski definition) is 2. The second-order valence-electron chi connectivity index (χ2n) is 10.8. The highest BCUT2D eigenvalue weighted by molar-refractivity contribution is 7.80. The van der Waals surface area contributed by atoms with Crippen LogP contribution < -0.4 is 10.6 Å². The van der Waals surface area contributed by atoms with E-state index in [2.05, 4.69) is 31.2 Å². The lowest BCUT2D eigenvalue weighted by Crippen LogP contribution is -2.33. The third kappa shape index (κ3) is 5.42. The summed E-state index contributed by atoms with van der Waals surface area (Å²) in [6.07, 6.45) is 2.01. The molecule has 0 saturated carbocycles. The quantitative estimate of drug-likeness (QED) is 0.156. The zero-order chi connectivity index (χ0) is 30.8. The van der Waals surface area contributed by atoms with Crippen molar-refractivity contribution in [2.45, 2.75) is 32.4 Å². The van der Waals surface area contributed by atoms with Gasteiger partial charge in [0.05, 0.1) is 36.1 Å². The molecule has 8 nitrogen and oxygen atoms in total. The highest BCUT2D eigenvalue weighted by Crippen LogP contribution is 2.41. The molecule has 0 spiro atoms. The Labute approximate surface area is 261 Å². The first-order valence-corrected chi connectivity index (χ1v) is 14.9. The average molecular weight is 604 g/mol. The smallest absolute Gasteiger partial charge is 0.339 e. The number of para-hydroxylation sites is 1. The molecule has 3 heterocycles. The Morgan fingerprint density at radius 2 is 1.73 bits per heavy atom. The second-order valence-corrected chi connectivity index (χ2v) is 11.2. The fourth-order valence-electron chi connectivity index (χ4n) is 6.16. The van der Waals surface area contributed by atoms with Crippen LogP contribution in [-0.2, 0) is 9.53 Å². The van der Waals surface area contributed by atoms with E-state index < -0.39 is 5.97 Å². The molecule has 2 N–H and O–H groups in total. The molecule has 0 aliphatic carbocycles. The topological polar surface area (TPSA) is 88.5 Å². The monoisotopic (exact) mass is 603 g/mol. The van der Waals surface area contributed by atoms with Crippen LogP contribution in [0.5, 0.6) is 0 Å². The molecule has 44 heavy (non-hydrogen) atoms. The third-order valence-electron chi connectivity index (χ3n) is 8.18. The minimum atomic E-state index is -0.399. The molecule has 1 aliphatic rings. The minimum Gasteiger partial charge on any atom is -0.465 e. The first kappa shape index (κ1) is 29.1. The highest BCUT2D eigenvalue weighted by atomic mass is 32.1. The summed E-state index contributed by atoms with van der Waals surface area (Å²) in [6.45, 7) is 4.46. The van der Waals surface area contributed by atoms with E-state index in [0.717, 1.165) is 44.8 Å². The average Bonchev–Trinajstić information content (AvgIpc) is 3.53. The van der Waals surface area contributed by atoms with Gasteiger partial charge in [-0.3, -0.25) is 9.78 Å². The van der Waals surface area contributed by atoms with Crippen LogP contribution in [0.25, 0.3) is 16.5 Å². The molecule has 222 valence electrons. The summed E-state index contributed by atoms with van der Waals surface area (Å²) in [7, 11) is 1.39. The van der Waals surface area contributed by atoms with Crippen LogP contribution in [0.15, 0.2) is 97.2 Å². The maximum Gasteiger partial charge on any atom is 0.339 e. The molecule has 1 saturated heterocycles. The molecule has 3 aromatic carbocycles. The Morgan fingerprint density at radius 1 is 0.977 bits per heavy atom. The van der Waals surface area contributed by atoms with Gasteiger partial charge in [0.2, 0.25) is 5.91 Å². The molecule has 6 rings (SSSR count). The van der Waals surface area contributed by atoms with Gasteiger partial charge in [-0.2, -0.15) is 0 Å². The zero-order valence-corrected chi connectivity index (χ0v) is 25.6. The van der Waals surface area contributed by atoms with Crippen LogP contribution in [0.2, 0.25) is 0 Å². The summed E-state index contributed by atoms with van der Waals surface area (Å²) in [5.41, 5.74) is 5.80. The van der Waals surface area contributed by atoms with Crippen LogP contribution in [0, 0.1) is 13.8 Å². The first-order valence-electron chi connectivity index (χ1n) is 14.5. The lowest BCUT2D eigenvalue weighted by molar-refractivity contribution is -0.116. The van der Waals surface area contributed by atoms with Crippen LogP contribution in [-0.4, -0.2) is 45.1 Å². The van der Waals surface area contributed by atoms with Gasteiger partial charge in [0.15, 0.2) is 5.11 Å². The van der Waals surface area contributed by atoms with Gasteiger partial charge in [0, 0.05) is 41.6 Å². The van der Waals surface area contributed by atoms with Crippen molar-refractivity contribution in [2.75, 3.05) is 19.0 Å². The largest absolute Gasteiger partial charge is 0.465 e. The van der Waals surface area contributed by atoms with Crippen molar-refractivity contribution in [3.63, 3.8) is 0 Å². The van der Waals surface area contributed by atoms with Crippen molar-refractivity contribution in [1.29, 1.82) is 0 Å². The Balaban J connectivity index is 1.34. The normalized spacial score (nSPS) is 16.2. The Morgan fingerprint density at radius 3 is 2.52 bits per heavy atom. The van der Waals surface area contributed by atoms with Crippen molar-refractivity contribution in [3.8, 4) is 5.69 Å². The maximum absolute atomic E-state index is 13.3. The lowest BCUT2D eigenvalue weighted by Gasteiger charge is -2.28. The van der Waals surface area contributed by atoms with E-state index in [1.807, 2.05) is 92.7 Å². The molecule has 5 aromatic rings. The van der Waals surface area contributed by atoms with E-state index in [1.54, 1.807) is 12.3 Å². The number of carbonyl (C=O) groups is 2. The van der Waals surface area contributed by atoms with Crippen molar-refractivity contribution in [2.24, 2.45) is 0 Å². The van der Waals surface area contributed by atoms with Crippen LogP contribution in [0.3, 0.4) is 0 Å². The molecule has 2 atom stereocenters. The van der Waals surface area contributed by atoms with Gasteiger partial charge in [-0.05, 0) is 73.4 Å². The molecule has 0 bridgehead atoms. The molecule has 0 radical (unpaired) electrons. The number of nitrogens with zero attached hydrogens (tertiary/aromatic N) is 3. The third-order valence-corrected chi connectivity index (χ3v) is 8.53. The van der Waals surface area contributed by atoms with E-state index >= 15 is 0 Å². The predicted octanol–water partition coefficient (Wildman–Crippen LogP) is 6.43. The number of rotatable bonds is 8. The zero-order valence-electron chi connectivity index (χ0n) is 24.8. The number of carbonyl (C=O) groups excluding carboxylic acids is 2. The Hall–Kier alpha value is -5.02. The number of hydrogen-bond acceptors (Lipinski definition) is 5. The van der Waals surface area contributed by atoms with Gasteiger partial charge >= 0.3 is 5.97 Å². The van der Waals surface area contributed by atoms with Gasteiger partial charge in [0.25, 0.3) is 0 Å². The standard InChI is InChI=1S/C35H33N5O3S/c1-22-21-27(23(2)40(22)30-17-7-6-14-26(30)34(42)43-3)33-32(29-15-8-9-19-36-29)38-35(44)39(33)20-18-31(41)37-28-16-10-12-24-11-4-5-13-25(24)28/h4-17,19,21,32-33H,18,20H2,1-3H3,(H,37,41)(H,38,44)/t32-,33+/m0/s1. The number of pyridine rings is 1. The van der Waals surface area contributed by atoms with E-state index in [0.29, 0.717) is 17.2 Å². The van der Waals surface area contributed by atoms with Crippen molar-refractivity contribution >= 4 is 45.7 Å². The fraction of sp³-hybridized carbons (Fsp3) is 0.200. The number of thiocarbonyl (C=S) groups is 1. The number of ether oxygens (including phenoxy) is 1. The molecule has 9 heteroatoms. The molecular formula is C35H33N5O3S. The predicted molar refractivity (Wildman–Crippen MR) is 176 cm³/mol. The molecular weight excluding hydrogens is 570 g/mol. The lowest BCUT2D eigenvalue weighted by atomic mass is 9.96. The molecule has 2 aromatic heterocycles. The number of aryl methyl sites for hydroxylation is 1. The van der Waals surface area contributed by atoms with Gasteiger partial charge in [-0.15, -0.1) is 0 Å². The number of amides is 1. The van der Waals surface area contributed by atoms with Gasteiger partial charge in [0.1, 0.15) is 0 Å². The Kier molecular flexibility index (Phi) is 8.13. The Bertz CT molecular complexity index is 1860. The number of aromatic nitrogens is 2. The number of esters is 1. The van der Waals surface area contributed by atoms with E-state index in [-0.39, 0.29) is 24.4 Å². The summed E-state index contributed by atoms with van der Waals surface area (Å²) < 4.78 is 7.15. The summed E-state index contributed by atoms with van der Waals surface area (Å²) in [5, 5.41) is 9.20. The molecule has 1 amide bonds. The van der Waals surface area contributed by atoms with Crippen molar-refractivity contribution in [1.82, 2.24) is 19.8 Å². The maximum atomic E-state index is 13.3. The number of nitrogens with one attached hydrogen (secondary N) is 2. The van der Waals surface area contributed by atoms with Crippen LogP contribution >= 0.6 is 12.2 Å². The summed E-state index contributed by atoms with van der Waals surface area (Å²) in [5.74, 6) is -0.495. The fourth-order valence-corrected chi connectivity index (χ4v) is 6.49. The number of benzene rings is 3. The van der Waals surface area contributed by atoms with Crippen LogP contribution in [0.1, 0.15) is 51.5 Å². The summed E-state index contributed by atoms with van der Waals surface area (Å²) >= 11 is 5.87. The molecule has 1 fully saturated rings. The number of fused-ring (bicyclic) bond motifs is 1. The van der Waals surface area contributed by atoms with E-state index in [4.69, 9.17) is 17.0 Å². The van der Waals surface area contributed by atoms with E-state index in [1.165, 1.54) is 7.11 Å². The number of methoxy groups -OCH3 is 1. The van der Waals surface area contributed by atoms with Crippen molar-refractivity contribution < 1.29 is 14.3 Å². The summed E-state index contributed by atoms with van der Waals surface area (Å²) in [6, 6.07) is 28.8. The van der Waals surface area contributed by atoms with Gasteiger partial charge in [-0.1, -0.05) is 54.6 Å². The SMILES string of the molecule is COC(=O)c1ccccc1-n1c(C)cc([C@@H]2[C@H](c3ccccn3)NC(=S)N2CCC(=O)Nc2cccc3ccccc23)c1C. The van der Waals surface area contributed by atoms with Gasteiger partial charge in [-0.25, -0.2) is 4.79 Å². The van der Waals surface area contributed by atoms with E-state index in [9.17, 15) is 9.59 Å². The first-order chi connectivity index (χ1) is 21.4. The molecule has 0 unspecified atom stereocenters. The second kappa shape index (κ2) is 12.3. The highest BCUT2D eigenvalue weighted by Gasteiger charge is 2.41. The van der Waals surface area contributed by atoms with Crippen LogP contribution in [0.4, 0.5) is 5.69 Å². The van der Waals surface area contributed by atoms with Crippen molar-refractivity contribution in [3.05, 3.63) is 125 Å². The number of anilines is 1. The summed E-state index contributed by atoms with van der Waals surface area (Å²) in [4.78, 5) is 32.7. The minimum absolute atomic E-state index is 0.0957. The molecule has 1 aliphatic heterocycles.